The van der Waals surface area contributed by atoms with E-state index in [1.165, 1.54) is 5.56 Å². The number of carbonyl (C=O) groups excluding carboxylic acids is 1. The van der Waals surface area contributed by atoms with E-state index in [2.05, 4.69) is 27.2 Å². The predicted octanol–water partition coefficient (Wildman–Crippen LogP) is 3.84. The summed E-state index contributed by atoms with van der Waals surface area (Å²) in [7, 11) is 0. The molecule has 2 heterocycles. The average Bonchev–Trinajstić information content (AvgIpc) is 2.85. The van der Waals surface area contributed by atoms with Crippen molar-refractivity contribution in [2.24, 2.45) is 0 Å². The number of likely N-dealkylation sites (tertiary alicyclic amines) is 1. The number of nitrogens with zero attached hydrogens (tertiary/aromatic N) is 2. The van der Waals surface area contributed by atoms with Gasteiger partial charge in [0.05, 0.1) is 13.2 Å². The highest BCUT2D eigenvalue weighted by molar-refractivity contribution is 6.30. The van der Waals surface area contributed by atoms with Crippen LogP contribution < -0.4 is 10.1 Å². The van der Waals surface area contributed by atoms with Crippen LogP contribution in [0.3, 0.4) is 0 Å². The van der Waals surface area contributed by atoms with Crippen LogP contribution in [-0.2, 0) is 11.3 Å². The molecule has 7 heteroatoms. The van der Waals surface area contributed by atoms with Crippen molar-refractivity contribution in [3.63, 3.8) is 0 Å². The number of ether oxygens (including phenoxy) is 2. The number of hydrogen-bond donors (Lipinski definition) is 1. The monoisotopic (exact) mass is 471 g/mol. The van der Waals surface area contributed by atoms with E-state index in [9.17, 15) is 4.79 Å². The van der Waals surface area contributed by atoms with E-state index in [0.29, 0.717) is 12.1 Å². The molecule has 1 amide bonds. The first-order valence-corrected chi connectivity index (χ1v) is 12.4. The summed E-state index contributed by atoms with van der Waals surface area (Å²) in [5, 5.41) is 3.79. The smallest absolute Gasteiger partial charge is 0.251 e. The van der Waals surface area contributed by atoms with Gasteiger partial charge in [0.25, 0.3) is 5.91 Å². The summed E-state index contributed by atoms with van der Waals surface area (Å²) in [4.78, 5) is 17.2. The lowest BCUT2D eigenvalue weighted by molar-refractivity contribution is 0.0374. The Hall–Kier alpha value is -2.12. The minimum atomic E-state index is -0.0287. The van der Waals surface area contributed by atoms with Gasteiger partial charge < -0.3 is 14.8 Å². The van der Waals surface area contributed by atoms with Gasteiger partial charge in [0.2, 0.25) is 0 Å². The Balaban J connectivity index is 1.14. The minimum Gasteiger partial charge on any atom is -0.490 e. The average molecular weight is 472 g/mol. The number of piperidine rings is 1. The lowest BCUT2D eigenvalue weighted by Gasteiger charge is -2.32. The summed E-state index contributed by atoms with van der Waals surface area (Å²) in [6.07, 6.45) is 3.16. The second-order valence-corrected chi connectivity index (χ2v) is 9.24. The molecule has 4 rings (SSSR count). The molecule has 0 aromatic heterocycles. The van der Waals surface area contributed by atoms with Gasteiger partial charge in [0.15, 0.2) is 0 Å². The third kappa shape index (κ3) is 7.71. The zero-order valence-electron chi connectivity index (χ0n) is 19.2. The van der Waals surface area contributed by atoms with Gasteiger partial charge in [-0.05, 0) is 67.8 Å². The molecule has 1 N–H and O–H groups in total. The Morgan fingerprint density at radius 3 is 2.36 bits per heavy atom. The van der Waals surface area contributed by atoms with E-state index in [0.717, 1.165) is 82.5 Å². The number of nitrogens with one attached hydrogen (secondary N) is 1. The molecule has 0 atom stereocenters. The fourth-order valence-corrected chi connectivity index (χ4v) is 4.47. The van der Waals surface area contributed by atoms with Gasteiger partial charge in [-0.25, -0.2) is 0 Å². The van der Waals surface area contributed by atoms with Crippen molar-refractivity contribution in [3.05, 3.63) is 64.7 Å². The molecule has 0 radical (unpaired) electrons. The fraction of sp³-hybridized carbons (Fsp3) is 0.500. The Morgan fingerprint density at radius 2 is 1.67 bits per heavy atom. The van der Waals surface area contributed by atoms with Gasteiger partial charge in [0, 0.05) is 49.9 Å². The number of halogens is 1. The van der Waals surface area contributed by atoms with Crippen molar-refractivity contribution in [2.45, 2.75) is 31.9 Å². The number of carbonyl (C=O) groups is 1. The van der Waals surface area contributed by atoms with Gasteiger partial charge in [-0.3, -0.25) is 14.6 Å². The predicted molar refractivity (Wildman–Crippen MR) is 131 cm³/mol. The summed E-state index contributed by atoms with van der Waals surface area (Å²) in [6, 6.07) is 15.6. The first-order valence-electron chi connectivity index (χ1n) is 12.0. The molecule has 2 saturated heterocycles. The normalized spacial score (nSPS) is 18.2. The van der Waals surface area contributed by atoms with Crippen LogP contribution in [0.5, 0.6) is 5.75 Å². The molecule has 2 aromatic rings. The second kappa shape index (κ2) is 12.4. The molecule has 0 bridgehead atoms. The van der Waals surface area contributed by atoms with Crippen molar-refractivity contribution in [3.8, 4) is 5.75 Å². The lowest BCUT2D eigenvalue weighted by Crippen LogP contribution is -2.38. The standard InChI is InChI=1S/C26H34ClN3O3/c27-23-6-2-21(3-7-23)20-30-14-10-25(11-15-30)33-24-8-4-22(5-9-24)26(31)28-12-1-13-29-16-18-32-19-17-29/h2-9,25H,1,10-20H2,(H,28,31). The van der Waals surface area contributed by atoms with Crippen molar-refractivity contribution >= 4 is 17.5 Å². The SMILES string of the molecule is O=C(NCCCN1CCOCC1)c1ccc(OC2CCN(Cc3ccc(Cl)cc3)CC2)cc1. The number of morpholine rings is 1. The molecule has 2 fully saturated rings. The van der Waals surface area contributed by atoms with Gasteiger partial charge in [-0.2, -0.15) is 0 Å². The highest BCUT2D eigenvalue weighted by atomic mass is 35.5. The zero-order valence-corrected chi connectivity index (χ0v) is 19.9. The number of rotatable bonds is 9. The van der Waals surface area contributed by atoms with Gasteiger partial charge in [-0.1, -0.05) is 23.7 Å². The lowest BCUT2D eigenvalue weighted by atomic mass is 10.1. The van der Waals surface area contributed by atoms with E-state index in [4.69, 9.17) is 21.1 Å². The van der Waals surface area contributed by atoms with Gasteiger partial charge >= 0.3 is 0 Å². The highest BCUT2D eigenvalue weighted by Gasteiger charge is 2.21. The Bertz CT molecular complexity index is 861. The summed E-state index contributed by atoms with van der Waals surface area (Å²) in [5.74, 6) is 0.800. The van der Waals surface area contributed by atoms with Crippen LogP contribution in [0.15, 0.2) is 48.5 Å². The van der Waals surface area contributed by atoms with Crippen LogP contribution in [0.2, 0.25) is 5.02 Å². The van der Waals surface area contributed by atoms with Crippen molar-refractivity contribution < 1.29 is 14.3 Å². The maximum absolute atomic E-state index is 12.4. The van der Waals surface area contributed by atoms with Crippen LogP contribution in [0.4, 0.5) is 0 Å². The summed E-state index contributed by atoms with van der Waals surface area (Å²) in [5.41, 5.74) is 1.96. The first kappa shape index (κ1) is 24.0. The van der Waals surface area contributed by atoms with Gasteiger partial charge in [-0.15, -0.1) is 0 Å². The number of benzene rings is 2. The molecular weight excluding hydrogens is 438 g/mol. The topological polar surface area (TPSA) is 54.0 Å². The second-order valence-electron chi connectivity index (χ2n) is 8.81. The van der Waals surface area contributed by atoms with Crippen molar-refractivity contribution in [2.75, 3.05) is 52.5 Å². The van der Waals surface area contributed by atoms with Crippen LogP contribution in [-0.4, -0.2) is 74.3 Å². The van der Waals surface area contributed by atoms with Crippen LogP contribution in [0.25, 0.3) is 0 Å². The molecule has 6 nitrogen and oxygen atoms in total. The molecule has 0 saturated carbocycles. The van der Waals surface area contributed by atoms with Crippen LogP contribution in [0, 0.1) is 0 Å². The van der Waals surface area contributed by atoms with E-state index < -0.39 is 0 Å². The molecule has 2 aromatic carbocycles. The Labute approximate surface area is 201 Å². The summed E-state index contributed by atoms with van der Waals surface area (Å²) < 4.78 is 11.5. The molecule has 178 valence electrons. The molecule has 33 heavy (non-hydrogen) atoms. The Morgan fingerprint density at radius 1 is 0.970 bits per heavy atom. The maximum atomic E-state index is 12.4. The first-order chi connectivity index (χ1) is 16.2. The van der Waals surface area contributed by atoms with Crippen molar-refractivity contribution in [1.29, 1.82) is 0 Å². The number of hydrogen-bond acceptors (Lipinski definition) is 5. The van der Waals surface area contributed by atoms with Gasteiger partial charge in [0.1, 0.15) is 11.9 Å². The molecule has 2 aliphatic heterocycles. The van der Waals surface area contributed by atoms with E-state index >= 15 is 0 Å². The Kier molecular flexibility index (Phi) is 9.01. The molecule has 0 unspecified atom stereocenters. The van der Waals surface area contributed by atoms with E-state index in [-0.39, 0.29) is 12.0 Å². The molecule has 0 spiro atoms. The zero-order chi connectivity index (χ0) is 22.9. The quantitative estimate of drug-likeness (QED) is 0.563. The fourth-order valence-electron chi connectivity index (χ4n) is 4.34. The number of amides is 1. The highest BCUT2D eigenvalue weighted by Crippen LogP contribution is 2.21. The van der Waals surface area contributed by atoms with E-state index in [1.807, 2.05) is 36.4 Å². The molecule has 2 aliphatic rings. The molecular formula is C26H34ClN3O3. The van der Waals surface area contributed by atoms with Crippen LogP contribution in [0.1, 0.15) is 35.2 Å². The maximum Gasteiger partial charge on any atom is 0.251 e. The van der Waals surface area contributed by atoms with E-state index in [1.54, 1.807) is 0 Å². The minimum absolute atomic E-state index is 0.0287. The third-order valence-corrected chi connectivity index (χ3v) is 6.57. The summed E-state index contributed by atoms with van der Waals surface area (Å²) in [6.45, 7) is 8.23. The van der Waals surface area contributed by atoms with Crippen molar-refractivity contribution in [1.82, 2.24) is 15.1 Å². The summed E-state index contributed by atoms with van der Waals surface area (Å²) >= 11 is 5.98. The largest absolute Gasteiger partial charge is 0.490 e. The van der Waals surface area contributed by atoms with Crippen LogP contribution >= 0.6 is 11.6 Å². The molecule has 0 aliphatic carbocycles. The third-order valence-electron chi connectivity index (χ3n) is 6.31.